The van der Waals surface area contributed by atoms with E-state index in [1.54, 1.807) is 0 Å². The van der Waals surface area contributed by atoms with Crippen molar-refractivity contribution in [2.45, 2.75) is 4.21 Å². The van der Waals surface area contributed by atoms with Gasteiger partial charge in [-0.15, -0.1) is 11.3 Å². The maximum Gasteiger partial charge on any atom is 0.341 e. The molecule has 1 aromatic heterocycles. The molecule has 2 rings (SSSR count). The van der Waals surface area contributed by atoms with E-state index in [0.29, 0.717) is 3.79 Å². The van der Waals surface area contributed by atoms with Crippen molar-refractivity contribution in [3.63, 3.8) is 0 Å². The predicted octanol–water partition coefficient (Wildman–Crippen LogP) is 3.46. The monoisotopic (exact) mass is 425 g/mol. The average molecular weight is 427 g/mol. The Morgan fingerprint density at radius 2 is 2.09 bits per heavy atom. The lowest BCUT2D eigenvalue weighted by molar-refractivity contribution is 0.0597. The van der Waals surface area contributed by atoms with Crippen molar-refractivity contribution in [2.75, 3.05) is 11.8 Å². The maximum absolute atomic E-state index is 12.2. The van der Waals surface area contributed by atoms with Crippen molar-refractivity contribution in [3.05, 3.63) is 38.6 Å². The Labute approximate surface area is 143 Å². The number of thiophene rings is 1. The summed E-state index contributed by atoms with van der Waals surface area (Å²) in [7, 11) is -2.67. The van der Waals surface area contributed by atoms with Crippen LogP contribution in [0.2, 0.25) is 5.02 Å². The second-order valence-corrected chi connectivity index (χ2v) is 8.70. The Bertz CT molecular complexity index is 815. The summed E-state index contributed by atoms with van der Waals surface area (Å²) >= 11 is 9.91. The first-order valence-corrected chi connectivity index (χ1v) is 9.10. The van der Waals surface area contributed by atoms with Crippen LogP contribution in [0.25, 0.3) is 0 Å². The molecule has 6 nitrogen and oxygen atoms in total. The number of esters is 1. The van der Waals surface area contributed by atoms with Gasteiger partial charge in [-0.05, 0) is 34.1 Å². The minimum Gasteiger partial charge on any atom is -0.507 e. The lowest BCUT2D eigenvalue weighted by Gasteiger charge is -2.08. The summed E-state index contributed by atoms with van der Waals surface area (Å²) in [5, 5.41) is 10.0. The Balaban J connectivity index is 2.30. The molecule has 0 aliphatic carbocycles. The van der Waals surface area contributed by atoms with E-state index in [0.717, 1.165) is 17.4 Å². The van der Waals surface area contributed by atoms with Gasteiger partial charge in [-0.1, -0.05) is 11.6 Å². The maximum atomic E-state index is 12.2. The van der Waals surface area contributed by atoms with Gasteiger partial charge >= 0.3 is 5.97 Å². The lowest BCUT2D eigenvalue weighted by Crippen LogP contribution is -2.11. The fraction of sp³-hybridized carbons (Fsp3) is 0.0833. The van der Waals surface area contributed by atoms with Gasteiger partial charge in [0.25, 0.3) is 10.0 Å². The first-order chi connectivity index (χ1) is 10.2. The molecule has 0 fully saturated rings. The first-order valence-electron chi connectivity index (χ1n) is 5.63. The van der Waals surface area contributed by atoms with E-state index in [-0.39, 0.29) is 20.5 Å². The summed E-state index contributed by atoms with van der Waals surface area (Å²) in [6.07, 6.45) is 0. The molecule has 0 aliphatic heterocycles. The highest BCUT2D eigenvalue weighted by Gasteiger charge is 2.20. The Hall–Kier alpha value is -1.29. The number of carbonyl (C=O) groups is 1. The molecule has 2 aromatic rings. The largest absolute Gasteiger partial charge is 0.507 e. The van der Waals surface area contributed by atoms with Crippen LogP contribution in [0.15, 0.2) is 32.3 Å². The number of nitrogens with one attached hydrogen (secondary N) is 1. The van der Waals surface area contributed by atoms with E-state index in [1.807, 2.05) is 0 Å². The van der Waals surface area contributed by atoms with Gasteiger partial charge in [-0.2, -0.15) is 0 Å². The van der Waals surface area contributed by atoms with Crippen molar-refractivity contribution in [3.8, 4) is 5.75 Å². The molecule has 0 amide bonds. The highest BCUT2D eigenvalue weighted by Crippen LogP contribution is 2.35. The van der Waals surface area contributed by atoms with E-state index in [2.05, 4.69) is 25.4 Å². The van der Waals surface area contributed by atoms with Crippen molar-refractivity contribution in [2.24, 2.45) is 0 Å². The quantitative estimate of drug-likeness (QED) is 0.730. The number of aromatic hydroxyl groups is 1. The van der Waals surface area contributed by atoms with Gasteiger partial charge in [0.15, 0.2) is 0 Å². The Kier molecular flexibility index (Phi) is 5.00. The molecule has 1 heterocycles. The summed E-state index contributed by atoms with van der Waals surface area (Å²) in [4.78, 5) is 11.4. The molecule has 22 heavy (non-hydrogen) atoms. The number of methoxy groups -OCH3 is 1. The summed E-state index contributed by atoms with van der Waals surface area (Å²) in [5.74, 6) is -1.11. The smallest absolute Gasteiger partial charge is 0.341 e. The van der Waals surface area contributed by atoms with E-state index in [4.69, 9.17) is 11.6 Å². The first kappa shape index (κ1) is 17.1. The zero-order chi connectivity index (χ0) is 16.5. The number of halogens is 2. The number of benzene rings is 1. The molecule has 0 saturated carbocycles. The third-order valence-electron chi connectivity index (χ3n) is 2.54. The summed E-state index contributed by atoms with van der Waals surface area (Å²) < 4.78 is 31.7. The number of sulfonamides is 1. The fourth-order valence-corrected chi connectivity index (χ4v) is 4.99. The van der Waals surface area contributed by atoms with Crippen LogP contribution in [0.1, 0.15) is 10.4 Å². The standard InChI is InChI=1S/C12H9BrClNO5S2/c1-20-12(17)7-3-2-6(4-9(7)16)15-22(18,19)10-5-8(14)11(13)21-10/h2-5,15-16H,1H3. The zero-order valence-electron chi connectivity index (χ0n) is 11.0. The minimum absolute atomic E-state index is 0.0147. The van der Waals surface area contributed by atoms with Crippen LogP contribution in [0.3, 0.4) is 0 Å². The molecule has 0 radical (unpaired) electrons. The number of phenols is 1. The van der Waals surface area contributed by atoms with Crippen LogP contribution in [0, 0.1) is 0 Å². The Morgan fingerprint density at radius 1 is 1.41 bits per heavy atom. The Morgan fingerprint density at radius 3 is 2.59 bits per heavy atom. The van der Waals surface area contributed by atoms with E-state index in [9.17, 15) is 18.3 Å². The van der Waals surface area contributed by atoms with Gasteiger partial charge in [0.2, 0.25) is 0 Å². The fourth-order valence-electron chi connectivity index (χ4n) is 1.54. The van der Waals surface area contributed by atoms with Gasteiger partial charge in [0.1, 0.15) is 15.5 Å². The normalized spacial score (nSPS) is 11.2. The van der Waals surface area contributed by atoms with Crippen LogP contribution in [0.5, 0.6) is 5.75 Å². The van der Waals surface area contributed by atoms with Crippen molar-refractivity contribution in [1.82, 2.24) is 0 Å². The molecule has 2 N–H and O–H groups in total. The van der Waals surface area contributed by atoms with Crippen molar-refractivity contribution >= 4 is 60.5 Å². The molecule has 10 heteroatoms. The highest BCUT2D eigenvalue weighted by molar-refractivity contribution is 9.11. The molecule has 1 aromatic carbocycles. The van der Waals surface area contributed by atoms with E-state index >= 15 is 0 Å². The number of phenolic OH excluding ortho intramolecular Hbond substituents is 1. The number of hydrogen-bond acceptors (Lipinski definition) is 6. The van der Waals surface area contributed by atoms with Crippen molar-refractivity contribution in [1.29, 1.82) is 0 Å². The van der Waals surface area contributed by atoms with Gasteiger partial charge in [-0.25, -0.2) is 13.2 Å². The molecule has 0 bridgehead atoms. The molecule has 118 valence electrons. The minimum atomic E-state index is -3.84. The van der Waals surface area contributed by atoms with Crippen LogP contribution in [0.4, 0.5) is 5.69 Å². The van der Waals surface area contributed by atoms with Gasteiger partial charge in [0, 0.05) is 6.07 Å². The molecular formula is C12H9BrClNO5S2. The third-order valence-corrected chi connectivity index (χ3v) is 6.87. The second-order valence-electron chi connectivity index (χ2n) is 4.02. The highest BCUT2D eigenvalue weighted by atomic mass is 79.9. The van der Waals surface area contributed by atoms with Gasteiger partial charge in [-0.3, -0.25) is 4.72 Å². The summed E-state index contributed by atoms with van der Waals surface area (Å²) in [6, 6.07) is 5.03. The van der Waals surface area contributed by atoms with E-state index in [1.165, 1.54) is 25.3 Å². The third kappa shape index (κ3) is 3.54. The molecule has 0 saturated heterocycles. The lowest BCUT2D eigenvalue weighted by atomic mass is 10.2. The molecule has 0 unspecified atom stereocenters. The van der Waals surface area contributed by atoms with Crippen LogP contribution < -0.4 is 4.72 Å². The molecular weight excluding hydrogens is 418 g/mol. The average Bonchev–Trinajstić information content (AvgIpc) is 2.78. The summed E-state index contributed by atoms with van der Waals surface area (Å²) in [6.45, 7) is 0. The number of hydrogen-bond donors (Lipinski definition) is 2. The second kappa shape index (κ2) is 6.45. The van der Waals surface area contributed by atoms with Gasteiger partial charge < -0.3 is 9.84 Å². The van der Waals surface area contributed by atoms with E-state index < -0.39 is 21.7 Å². The number of carbonyl (C=O) groups excluding carboxylic acids is 1. The zero-order valence-corrected chi connectivity index (χ0v) is 14.9. The van der Waals surface area contributed by atoms with Crippen LogP contribution >= 0.6 is 38.9 Å². The SMILES string of the molecule is COC(=O)c1ccc(NS(=O)(=O)c2cc(Cl)c(Br)s2)cc1O. The van der Waals surface area contributed by atoms with Crippen LogP contribution in [-0.2, 0) is 14.8 Å². The molecule has 0 aliphatic rings. The van der Waals surface area contributed by atoms with Crippen LogP contribution in [-0.4, -0.2) is 26.6 Å². The summed E-state index contributed by atoms with van der Waals surface area (Å²) in [5.41, 5.74) is 0.0400. The topological polar surface area (TPSA) is 92.7 Å². The van der Waals surface area contributed by atoms with Gasteiger partial charge in [0.05, 0.1) is 21.6 Å². The molecule has 0 spiro atoms. The number of ether oxygens (including phenoxy) is 1. The predicted molar refractivity (Wildman–Crippen MR) is 87.3 cm³/mol. The molecule has 0 atom stereocenters. The number of rotatable bonds is 4. The van der Waals surface area contributed by atoms with Crippen molar-refractivity contribution < 1.29 is 23.1 Å². The number of anilines is 1.